The molecule has 0 aromatic carbocycles. The maximum Gasteiger partial charge on any atom is 0.0662 e. The van der Waals surface area contributed by atoms with Gasteiger partial charge in [-0.25, -0.2) is 0 Å². The van der Waals surface area contributed by atoms with Gasteiger partial charge in [-0.3, -0.25) is 0 Å². The van der Waals surface area contributed by atoms with Gasteiger partial charge in [0.15, 0.2) is 0 Å². The maximum absolute atomic E-state index is 10.0. The molecule has 2 aliphatic carbocycles. The molecular weight excluding hydrogens is 428 g/mol. The van der Waals surface area contributed by atoms with Crippen LogP contribution in [0.5, 0.6) is 0 Å². The summed E-state index contributed by atoms with van der Waals surface area (Å²) in [6, 6.07) is 0. The van der Waals surface area contributed by atoms with E-state index in [0.29, 0.717) is 30.3 Å². The fraction of sp³-hybridized carbons (Fsp3) is 0.931. The zero-order valence-electron chi connectivity index (χ0n) is 23.1. The second-order valence-corrected chi connectivity index (χ2v) is 11.8. The zero-order valence-corrected chi connectivity index (χ0v) is 23.1. The first-order valence-corrected chi connectivity index (χ1v) is 13.9. The summed E-state index contributed by atoms with van der Waals surface area (Å²) in [5.41, 5.74) is 1.13. The number of hydrogen-bond donors (Lipinski definition) is 4. The number of aliphatic hydroxyl groups is 4. The Morgan fingerprint density at radius 3 is 2.41 bits per heavy atom. The number of hydrogen-bond acceptors (Lipinski definition) is 5. The van der Waals surface area contributed by atoms with Gasteiger partial charge in [0.05, 0.1) is 31.0 Å². The molecule has 2 aliphatic rings. The van der Waals surface area contributed by atoms with Crippen LogP contribution in [-0.4, -0.2) is 58.1 Å². The van der Waals surface area contributed by atoms with Crippen LogP contribution in [0, 0.1) is 23.2 Å². The third-order valence-corrected chi connectivity index (χ3v) is 8.49. The quantitative estimate of drug-likeness (QED) is 0.285. The molecule has 0 aromatic rings. The van der Waals surface area contributed by atoms with Gasteiger partial charge in [-0.1, -0.05) is 45.3 Å². The lowest BCUT2D eigenvalue weighted by molar-refractivity contribution is -0.0839. The van der Waals surface area contributed by atoms with Crippen molar-refractivity contribution >= 4 is 0 Å². The van der Waals surface area contributed by atoms with Gasteiger partial charge in [0.2, 0.25) is 0 Å². The monoisotopic (exact) mass is 484 g/mol. The average Bonchev–Trinajstić information content (AvgIpc) is 2.77. The molecule has 5 nitrogen and oxygen atoms in total. The van der Waals surface area contributed by atoms with Gasteiger partial charge in [-0.05, 0) is 102 Å². The minimum Gasteiger partial charge on any atom is -0.394 e. The first-order chi connectivity index (χ1) is 16.0. The Bertz CT molecular complexity index is 567. The Balaban J connectivity index is 0.00000133. The van der Waals surface area contributed by atoms with Gasteiger partial charge in [-0.2, -0.15) is 0 Å². The highest BCUT2D eigenvalue weighted by molar-refractivity contribution is 5.08. The van der Waals surface area contributed by atoms with E-state index >= 15 is 0 Å². The van der Waals surface area contributed by atoms with Crippen molar-refractivity contribution in [2.24, 2.45) is 23.2 Å². The summed E-state index contributed by atoms with van der Waals surface area (Å²) in [7, 11) is 0. The largest absolute Gasteiger partial charge is 0.394 e. The summed E-state index contributed by atoms with van der Waals surface area (Å²) < 4.78 is 6.30. The van der Waals surface area contributed by atoms with Crippen LogP contribution in [0.3, 0.4) is 0 Å². The average molecular weight is 485 g/mol. The molecule has 202 valence electrons. The van der Waals surface area contributed by atoms with Gasteiger partial charge in [0.1, 0.15) is 0 Å². The number of rotatable bonds is 11. The maximum atomic E-state index is 10.0. The Morgan fingerprint density at radius 2 is 1.85 bits per heavy atom. The molecule has 6 unspecified atom stereocenters. The van der Waals surface area contributed by atoms with Crippen LogP contribution < -0.4 is 0 Å². The third-order valence-electron chi connectivity index (χ3n) is 8.49. The Hall–Kier alpha value is -0.460. The Morgan fingerprint density at radius 1 is 1.18 bits per heavy atom. The topological polar surface area (TPSA) is 90.2 Å². The van der Waals surface area contributed by atoms with Gasteiger partial charge in [0, 0.05) is 6.61 Å². The summed E-state index contributed by atoms with van der Waals surface area (Å²) in [4.78, 5) is 0. The molecule has 0 radical (unpaired) electrons. The van der Waals surface area contributed by atoms with Crippen LogP contribution in [0.2, 0.25) is 0 Å². The molecule has 6 atom stereocenters. The van der Waals surface area contributed by atoms with E-state index < -0.39 is 5.60 Å². The molecule has 0 aliphatic heterocycles. The molecule has 0 bridgehead atoms. The predicted molar refractivity (Wildman–Crippen MR) is 141 cm³/mol. The highest BCUT2D eigenvalue weighted by Crippen LogP contribution is 2.52. The minimum atomic E-state index is -0.659. The number of allylic oxidation sites excluding steroid dienone is 1. The summed E-state index contributed by atoms with van der Waals surface area (Å²) >= 11 is 0. The number of ether oxygens (including phenoxy) is 1. The molecule has 0 aromatic heterocycles. The standard InChI is InChI=1S/C27H50O3.C2H6O2/c1-7-10-25(21(3)30-18-17-26(4,5)29)27(6)16-9-12-23(20(27)2)15-14-22-11-8-13-24(28)19-22;3-1-2-4/h14,20-21,23-25,28-29H,7-13,15-19H2,1-6H3;3-4H,1-2H2/b22-14-;. The van der Waals surface area contributed by atoms with Crippen molar-refractivity contribution in [3.05, 3.63) is 11.6 Å². The second kappa shape index (κ2) is 15.6. The van der Waals surface area contributed by atoms with Crippen molar-refractivity contribution in [3.63, 3.8) is 0 Å². The lowest BCUT2D eigenvalue weighted by Crippen LogP contribution is -2.45. The molecule has 2 saturated carbocycles. The molecule has 2 rings (SSSR count). The Kier molecular flexibility index (Phi) is 14.5. The zero-order chi connectivity index (χ0) is 25.8. The minimum absolute atomic E-state index is 0.116. The van der Waals surface area contributed by atoms with Crippen LogP contribution in [0.15, 0.2) is 11.6 Å². The lowest BCUT2D eigenvalue weighted by Gasteiger charge is -2.51. The highest BCUT2D eigenvalue weighted by Gasteiger charge is 2.46. The van der Waals surface area contributed by atoms with Crippen molar-refractivity contribution < 1.29 is 25.2 Å². The van der Waals surface area contributed by atoms with Crippen LogP contribution >= 0.6 is 0 Å². The molecule has 0 spiro atoms. The van der Waals surface area contributed by atoms with Crippen LogP contribution in [0.1, 0.15) is 112 Å². The van der Waals surface area contributed by atoms with Gasteiger partial charge >= 0.3 is 0 Å². The van der Waals surface area contributed by atoms with Crippen LogP contribution in [0.25, 0.3) is 0 Å². The van der Waals surface area contributed by atoms with Crippen LogP contribution in [-0.2, 0) is 4.74 Å². The van der Waals surface area contributed by atoms with E-state index in [0.717, 1.165) is 25.2 Å². The van der Waals surface area contributed by atoms with E-state index in [1.807, 2.05) is 13.8 Å². The predicted octanol–water partition coefficient (Wildman–Crippen LogP) is 5.63. The molecule has 0 amide bonds. The van der Waals surface area contributed by atoms with E-state index in [1.54, 1.807) is 0 Å². The highest BCUT2D eigenvalue weighted by atomic mass is 16.5. The molecule has 0 heterocycles. The molecular formula is C29H56O5. The summed E-state index contributed by atoms with van der Waals surface area (Å²) in [5, 5.41) is 35.3. The summed E-state index contributed by atoms with van der Waals surface area (Å²) in [5.74, 6) is 1.97. The molecule has 2 fully saturated rings. The summed E-state index contributed by atoms with van der Waals surface area (Å²) in [6.07, 6.45) is 15.0. The molecule has 4 N–H and O–H groups in total. The van der Waals surface area contributed by atoms with Gasteiger partial charge in [-0.15, -0.1) is 0 Å². The van der Waals surface area contributed by atoms with Crippen molar-refractivity contribution in [2.75, 3.05) is 19.8 Å². The SMILES string of the molecule is CCCC(C(C)OCCC(C)(C)O)C1(C)CCCC(C/C=C2/CCCC(O)C2)C1C.OCCO. The summed E-state index contributed by atoms with van der Waals surface area (Å²) in [6.45, 7) is 13.7. The van der Waals surface area contributed by atoms with Crippen molar-refractivity contribution in [1.29, 1.82) is 0 Å². The van der Waals surface area contributed by atoms with Crippen LogP contribution in [0.4, 0.5) is 0 Å². The first-order valence-electron chi connectivity index (χ1n) is 13.9. The fourth-order valence-electron chi connectivity index (χ4n) is 6.20. The van der Waals surface area contributed by atoms with E-state index in [1.165, 1.54) is 50.5 Å². The Labute approximate surface area is 210 Å². The van der Waals surface area contributed by atoms with Crippen molar-refractivity contribution in [2.45, 2.75) is 130 Å². The van der Waals surface area contributed by atoms with E-state index in [2.05, 4.69) is 33.8 Å². The normalized spacial score (nSPS) is 31.0. The molecule has 34 heavy (non-hydrogen) atoms. The van der Waals surface area contributed by atoms with E-state index in [9.17, 15) is 10.2 Å². The molecule has 5 heteroatoms. The van der Waals surface area contributed by atoms with Gasteiger partial charge in [0.25, 0.3) is 0 Å². The van der Waals surface area contributed by atoms with Crippen molar-refractivity contribution in [3.8, 4) is 0 Å². The lowest BCUT2D eigenvalue weighted by atomic mass is 9.55. The fourth-order valence-corrected chi connectivity index (χ4v) is 6.20. The first kappa shape index (κ1) is 31.6. The van der Waals surface area contributed by atoms with Crippen molar-refractivity contribution in [1.82, 2.24) is 0 Å². The van der Waals surface area contributed by atoms with E-state index in [4.69, 9.17) is 14.9 Å². The third kappa shape index (κ3) is 10.7. The molecule has 0 saturated heterocycles. The smallest absolute Gasteiger partial charge is 0.0662 e. The number of aliphatic hydroxyl groups excluding tert-OH is 3. The second-order valence-electron chi connectivity index (χ2n) is 11.8. The van der Waals surface area contributed by atoms with E-state index in [-0.39, 0.29) is 25.4 Å². The van der Waals surface area contributed by atoms with Gasteiger partial charge < -0.3 is 25.2 Å².